The number of likely N-dealkylation sites (tertiary alicyclic amines) is 1. The molecule has 2 atom stereocenters. The first-order valence-corrected chi connectivity index (χ1v) is 8.59. The van der Waals surface area contributed by atoms with E-state index in [9.17, 15) is 13.8 Å². The molecule has 1 heterocycles. The summed E-state index contributed by atoms with van der Waals surface area (Å²) in [6, 6.07) is -0.104. The number of carboxylic acids is 1. The molecule has 0 bridgehead atoms. The van der Waals surface area contributed by atoms with Gasteiger partial charge >= 0.3 is 12.0 Å². The number of rotatable bonds is 6. The van der Waals surface area contributed by atoms with Crippen LogP contribution in [-0.2, 0) is 15.6 Å². The minimum Gasteiger partial charge on any atom is -0.481 e. The average Bonchev–Trinajstić information content (AvgIpc) is 2.38. The van der Waals surface area contributed by atoms with Gasteiger partial charge in [-0.1, -0.05) is 6.92 Å². The Morgan fingerprint density at radius 1 is 1.40 bits per heavy atom. The van der Waals surface area contributed by atoms with Crippen molar-refractivity contribution in [1.29, 1.82) is 0 Å². The van der Waals surface area contributed by atoms with Gasteiger partial charge in [0.15, 0.2) is 0 Å². The summed E-state index contributed by atoms with van der Waals surface area (Å²) in [6.07, 6.45) is 4.05. The van der Waals surface area contributed by atoms with Crippen LogP contribution in [0.1, 0.15) is 32.6 Å². The fourth-order valence-electron chi connectivity index (χ4n) is 2.25. The van der Waals surface area contributed by atoms with Crippen LogP contribution in [0.5, 0.6) is 0 Å². The zero-order chi connectivity index (χ0) is 15.1. The fourth-order valence-corrected chi connectivity index (χ4v) is 2.70. The van der Waals surface area contributed by atoms with E-state index in [0.29, 0.717) is 26.1 Å². The van der Waals surface area contributed by atoms with Crippen LogP contribution in [0.25, 0.3) is 0 Å². The molecule has 0 radical (unpaired) electrons. The number of carboxylic acid groups (broad SMARTS) is 1. The van der Waals surface area contributed by atoms with Crippen LogP contribution >= 0.6 is 0 Å². The molecule has 2 unspecified atom stereocenters. The summed E-state index contributed by atoms with van der Waals surface area (Å²) in [5.41, 5.74) is 0. The number of hydrogen-bond donors (Lipinski definition) is 2. The van der Waals surface area contributed by atoms with E-state index in [4.69, 9.17) is 5.11 Å². The summed E-state index contributed by atoms with van der Waals surface area (Å²) in [7, 11) is -0.861. The van der Waals surface area contributed by atoms with E-state index in [1.54, 1.807) is 11.2 Å². The van der Waals surface area contributed by atoms with E-state index in [2.05, 4.69) is 5.32 Å². The molecule has 0 aromatic rings. The molecule has 1 rings (SSSR count). The lowest BCUT2D eigenvalue weighted by atomic mass is 9.94. The van der Waals surface area contributed by atoms with Crippen molar-refractivity contribution in [1.82, 2.24) is 10.2 Å². The number of carbonyl (C=O) groups is 2. The monoisotopic (exact) mass is 304 g/mol. The molecule has 0 saturated carbocycles. The van der Waals surface area contributed by atoms with Gasteiger partial charge in [0.2, 0.25) is 0 Å². The molecule has 2 amide bonds. The topological polar surface area (TPSA) is 86.7 Å². The highest BCUT2D eigenvalue weighted by atomic mass is 32.2. The van der Waals surface area contributed by atoms with Crippen LogP contribution in [0.3, 0.4) is 0 Å². The molecule has 0 spiro atoms. The van der Waals surface area contributed by atoms with Gasteiger partial charge in [-0.2, -0.15) is 0 Å². The van der Waals surface area contributed by atoms with Gasteiger partial charge in [-0.25, -0.2) is 4.79 Å². The van der Waals surface area contributed by atoms with E-state index >= 15 is 0 Å². The van der Waals surface area contributed by atoms with Crippen LogP contribution in [0.2, 0.25) is 0 Å². The van der Waals surface area contributed by atoms with Crippen LogP contribution in [0.4, 0.5) is 4.79 Å². The summed E-state index contributed by atoms with van der Waals surface area (Å²) in [5, 5.41) is 11.6. The van der Waals surface area contributed by atoms with Gasteiger partial charge < -0.3 is 15.3 Å². The highest BCUT2D eigenvalue weighted by Gasteiger charge is 2.24. The van der Waals surface area contributed by atoms with Crippen LogP contribution < -0.4 is 5.32 Å². The Bertz CT molecular complexity index is 367. The molecule has 20 heavy (non-hydrogen) atoms. The average molecular weight is 304 g/mol. The molecule has 0 aromatic carbocycles. The maximum absolute atomic E-state index is 11.9. The summed E-state index contributed by atoms with van der Waals surface area (Å²) >= 11 is 0. The molecule has 7 heteroatoms. The van der Waals surface area contributed by atoms with Gasteiger partial charge in [-0.15, -0.1) is 0 Å². The molecule has 0 aromatic heterocycles. The maximum Gasteiger partial charge on any atom is 0.317 e. The SMILES string of the molecule is CC(CCNC(=O)N1CCC(CC(=O)O)CC1)S(C)=O. The number of hydrogen-bond acceptors (Lipinski definition) is 3. The fraction of sp³-hybridized carbons (Fsp3) is 0.846. The van der Waals surface area contributed by atoms with Crippen molar-refractivity contribution in [2.75, 3.05) is 25.9 Å². The van der Waals surface area contributed by atoms with E-state index in [1.165, 1.54) is 0 Å². The largest absolute Gasteiger partial charge is 0.481 e. The van der Waals surface area contributed by atoms with Crippen LogP contribution in [-0.4, -0.2) is 57.4 Å². The quantitative estimate of drug-likeness (QED) is 0.767. The number of nitrogens with one attached hydrogen (secondary N) is 1. The molecular formula is C13H24N2O4S. The summed E-state index contributed by atoms with van der Waals surface area (Å²) < 4.78 is 11.2. The maximum atomic E-state index is 11.9. The van der Waals surface area contributed by atoms with E-state index < -0.39 is 16.8 Å². The third kappa shape index (κ3) is 5.90. The standard InChI is InChI=1S/C13H24N2O4S/c1-10(20(2)19)3-6-14-13(18)15-7-4-11(5-8-15)9-12(16)17/h10-11H,3-9H2,1-2H3,(H,14,18)(H,16,17). The number of nitrogens with zero attached hydrogens (tertiary/aromatic N) is 1. The highest BCUT2D eigenvalue weighted by Crippen LogP contribution is 2.20. The predicted molar refractivity (Wildman–Crippen MR) is 78.1 cm³/mol. The van der Waals surface area contributed by atoms with Gasteiger partial charge in [0.05, 0.1) is 0 Å². The second kappa shape index (κ2) is 8.24. The predicted octanol–water partition coefficient (Wildman–Crippen LogP) is 1.04. The number of piperidine rings is 1. The van der Waals surface area contributed by atoms with E-state index in [-0.39, 0.29) is 23.6 Å². The molecular weight excluding hydrogens is 280 g/mol. The zero-order valence-corrected chi connectivity index (χ0v) is 12.9. The van der Waals surface area contributed by atoms with E-state index in [0.717, 1.165) is 12.8 Å². The lowest BCUT2D eigenvalue weighted by Gasteiger charge is -2.31. The summed E-state index contributed by atoms with van der Waals surface area (Å²) in [5.74, 6) is -0.589. The van der Waals surface area contributed by atoms with Crippen molar-refractivity contribution in [3.63, 3.8) is 0 Å². The minimum absolute atomic E-state index is 0.0802. The van der Waals surface area contributed by atoms with Crippen molar-refractivity contribution >= 4 is 22.8 Å². The number of urea groups is 1. The molecule has 1 fully saturated rings. The number of carbonyl (C=O) groups excluding carboxylic acids is 1. The smallest absolute Gasteiger partial charge is 0.317 e. The summed E-state index contributed by atoms with van der Waals surface area (Å²) in [6.45, 7) is 3.65. The second-order valence-electron chi connectivity index (χ2n) is 5.36. The van der Waals surface area contributed by atoms with Gasteiger partial charge in [-0.3, -0.25) is 9.00 Å². The Hall–Kier alpha value is -1.11. The zero-order valence-electron chi connectivity index (χ0n) is 12.1. The third-order valence-corrected chi connectivity index (χ3v) is 5.13. The van der Waals surface area contributed by atoms with Gasteiger partial charge in [0, 0.05) is 48.4 Å². The Labute approximate surface area is 122 Å². The normalized spacial score (nSPS) is 19.4. The van der Waals surface area contributed by atoms with Gasteiger partial charge in [-0.05, 0) is 25.2 Å². The Kier molecular flexibility index (Phi) is 6.98. The Balaban J connectivity index is 2.22. The molecule has 116 valence electrons. The van der Waals surface area contributed by atoms with Crippen molar-refractivity contribution < 1.29 is 18.9 Å². The molecule has 1 aliphatic heterocycles. The Morgan fingerprint density at radius 3 is 2.50 bits per heavy atom. The second-order valence-corrected chi connectivity index (χ2v) is 7.16. The minimum atomic E-state index is -0.861. The molecule has 6 nitrogen and oxygen atoms in total. The van der Waals surface area contributed by atoms with Crippen molar-refractivity contribution in [3.8, 4) is 0 Å². The first-order chi connectivity index (χ1) is 9.40. The lowest BCUT2D eigenvalue weighted by Crippen LogP contribution is -2.45. The van der Waals surface area contributed by atoms with Crippen molar-refractivity contribution in [2.45, 2.75) is 37.9 Å². The van der Waals surface area contributed by atoms with Crippen LogP contribution in [0, 0.1) is 5.92 Å². The first-order valence-electron chi connectivity index (χ1n) is 6.97. The lowest BCUT2D eigenvalue weighted by molar-refractivity contribution is -0.138. The molecule has 0 aliphatic carbocycles. The van der Waals surface area contributed by atoms with Crippen molar-refractivity contribution in [2.24, 2.45) is 5.92 Å². The van der Waals surface area contributed by atoms with Crippen LogP contribution in [0.15, 0.2) is 0 Å². The van der Waals surface area contributed by atoms with E-state index in [1.807, 2.05) is 6.92 Å². The Morgan fingerprint density at radius 2 is 2.00 bits per heavy atom. The highest BCUT2D eigenvalue weighted by molar-refractivity contribution is 7.84. The van der Waals surface area contributed by atoms with Gasteiger partial charge in [0.25, 0.3) is 0 Å². The number of aliphatic carboxylic acids is 1. The molecule has 2 N–H and O–H groups in total. The molecule has 1 saturated heterocycles. The third-order valence-electron chi connectivity index (χ3n) is 3.76. The van der Waals surface area contributed by atoms with Crippen molar-refractivity contribution in [3.05, 3.63) is 0 Å². The first kappa shape index (κ1) is 16.9. The molecule has 1 aliphatic rings. The summed E-state index contributed by atoms with van der Waals surface area (Å²) in [4.78, 5) is 24.3. The van der Waals surface area contributed by atoms with Gasteiger partial charge in [0.1, 0.15) is 0 Å². The number of amides is 2.